The number of rotatable bonds is 7. The summed E-state index contributed by atoms with van der Waals surface area (Å²) < 4.78 is 5.73. The fraction of sp³-hybridized carbons (Fsp3) is 0.471. The van der Waals surface area contributed by atoms with Gasteiger partial charge in [-0.05, 0) is 26.3 Å². The highest BCUT2D eigenvalue weighted by atomic mass is 32.1. The van der Waals surface area contributed by atoms with Crippen molar-refractivity contribution >= 4 is 39.3 Å². The fourth-order valence-electron chi connectivity index (χ4n) is 2.62. The maximum absolute atomic E-state index is 12.8. The number of carbonyl (C=O) groups excluding carboxylic acids is 3. The number of hydrogen-bond acceptors (Lipinski definition) is 7. The van der Waals surface area contributed by atoms with Crippen molar-refractivity contribution in [3.05, 3.63) is 27.1 Å². The first-order chi connectivity index (χ1) is 12.8. The molecule has 27 heavy (non-hydrogen) atoms. The highest BCUT2D eigenvalue weighted by Crippen LogP contribution is 2.26. The van der Waals surface area contributed by atoms with Crippen LogP contribution in [0.3, 0.4) is 0 Å². The van der Waals surface area contributed by atoms with Gasteiger partial charge < -0.3 is 15.0 Å². The van der Waals surface area contributed by atoms with E-state index in [0.717, 1.165) is 11.3 Å². The predicted molar refractivity (Wildman–Crippen MR) is 101 cm³/mol. The number of esters is 1. The Balaban J connectivity index is 2.34. The lowest BCUT2D eigenvalue weighted by atomic mass is 10.2. The van der Waals surface area contributed by atoms with Crippen molar-refractivity contribution in [3.63, 3.8) is 0 Å². The Hall–Kier alpha value is -2.75. The Morgan fingerprint density at radius 3 is 2.56 bits per heavy atom. The van der Waals surface area contributed by atoms with Gasteiger partial charge in [-0.25, -0.2) is 4.98 Å². The van der Waals surface area contributed by atoms with Gasteiger partial charge >= 0.3 is 5.97 Å². The molecule has 0 aliphatic carbocycles. The molecule has 0 fully saturated rings. The van der Waals surface area contributed by atoms with E-state index < -0.39 is 11.9 Å². The highest BCUT2D eigenvalue weighted by Gasteiger charge is 2.21. The van der Waals surface area contributed by atoms with Crippen LogP contribution in [0.2, 0.25) is 0 Å². The molecule has 1 N–H and O–H groups in total. The summed E-state index contributed by atoms with van der Waals surface area (Å²) in [5, 5.41) is 2.75. The van der Waals surface area contributed by atoms with Gasteiger partial charge in [0, 0.05) is 13.1 Å². The van der Waals surface area contributed by atoms with Crippen LogP contribution in [0.4, 0.5) is 0 Å². The number of hydrogen-bond donors (Lipinski definition) is 1. The molecule has 2 amide bonds. The van der Waals surface area contributed by atoms with Gasteiger partial charge in [0.25, 0.3) is 11.5 Å². The number of carbonyl (C=O) groups is 3. The molecular formula is C17H22N4O5S. The van der Waals surface area contributed by atoms with Crippen molar-refractivity contribution in [2.24, 2.45) is 0 Å². The number of ether oxygens (including phenoxy) is 1. The monoisotopic (exact) mass is 394 g/mol. The molecule has 2 heterocycles. The molecule has 0 atom stereocenters. The van der Waals surface area contributed by atoms with Crippen molar-refractivity contribution in [3.8, 4) is 0 Å². The number of aryl methyl sites for hydroxylation is 1. The standard InChI is InChI=1S/C17H22N4O5S/c1-5-20(6-2)11(22)8-21-9-19-16-13(17(21)25)10(3)14(27-16)15(24)18-7-12(23)26-4/h9H,5-8H2,1-4H3,(H,18,24). The van der Waals surface area contributed by atoms with Gasteiger partial charge in [-0.3, -0.25) is 23.7 Å². The van der Waals surface area contributed by atoms with Crippen LogP contribution in [-0.2, 0) is 20.9 Å². The lowest BCUT2D eigenvalue weighted by Gasteiger charge is -2.18. The zero-order valence-electron chi connectivity index (χ0n) is 15.7. The van der Waals surface area contributed by atoms with Gasteiger partial charge in [-0.2, -0.15) is 0 Å². The average molecular weight is 394 g/mol. The molecule has 0 radical (unpaired) electrons. The third-order valence-corrected chi connectivity index (χ3v) is 5.36. The second-order valence-electron chi connectivity index (χ2n) is 5.74. The molecule has 0 aromatic carbocycles. The SMILES string of the molecule is CCN(CC)C(=O)Cn1cnc2sc(C(=O)NCC(=O)OC)c(C)c2c1=O. The lowest BCUT2D eigenvalue weighted by molar-refractivity contribution is -0.139. The van der Waals surface area contributed by atoms with Crippen molar-refractivity contribution < 1.29 is 19.1 Å². The third-order valence-electron chi connectivity index (χ3n) is 4.17. The minimum absolute atomic E-state index is 0.109. The van der Waals surface area contributed by atoms with Crippen LogP contribution in [0.25, 0.3) is 10.2 Å². The molecule has 0 aliphatic heterocycles. The summed E-state index contributed by atoms with van der Waals surface area (Å²) in [5.41, 5.74) is 0.0979. The van der Waals surface area contributed by atoms with Gasteiger partial charge in [0.2, 0.25) is 5.91 Å². The van der Waals surface area contributed by atoms with Gasteiger partial charge in [0.05, 0.1) is 23.7 Å². The molecule has 9 nitrogen and oxygen atoms in total. The summed E-state index contributed by atoms with van der Waals surface area (Å²) >= 11 is 1.06. The van der Waals surface area contributed by atoms with Crippen LogP contribution in [0.1, 0.15) is 29.1 Å². The van der Waals surface area contributed by atoms with Crippen molar-refractivity contribution in [1.29, 1.82) is 0 Å². The molecule has 0 bridgehead atoms. The topological polar surface area (TPSA) is 111 Å². The molecule has 146 valence electrons. The van der Waals surface area contributed by atoms with Crippen molar-refractivity contribution in [2.45, 2.75) is 27.3 Å². The van der Waals surface area contributed by atoms with E-state index in [0.29, 0.717) is 33.7 Å². The Morgan fingerprint density at radius 1 is 1.30 bits per heavy atom. The molecular weight excluding hydrogens is 372 g/mol. The number of nitrogens with zero attached hydrogens (tertiary/aromatic N) is 3. The largest absolute Gasteiger partial charge is 0.468 e. The highest BCUT2D eigenvalue weighted by molar-refractivity contribution is 7.20. The van der Waals surface area contributed by atoms with Crippen LogP contribution in [0.5, 0.6) is 0 Å². The summed E-state index contributed by atoms with van der Waals surface area (Å²) in [6, 6.07) is 0. The molecule has 0 saturated heterocycles. The minimum atomic E-state index is -0.572. The summed E-state index contributed by atoms with van der Waals surface area (Å²) in [4.78, 5) is 55.1. The first-order valence-corrected chi connectivity index (χ1v) is 9.26. The van der Waals surface area contributed by atoms with Crippen LogP contribution in [0.15, 0.2) is 11.1 Å². The van der Waals surface area contributed by atoms with E-state index in [2.05, 4.69) is 15.0 Å². The smallest absolute Gasteiger partial charge is 0.325 e. The number of nitrogens with one attached hydrogen (secondary N) is 1. The zero-order valence-corrected chi connectivity index (χ0v) is 16.5. The van der Waals surface area contributed by atoms with E-state index in [-0.39, 0.29) is 24.6 Å². The van der Waals surface area contributed by atoms with E-state index >= 15 is 0 Å². The van der Waals surface area contributed by atoms with Crippen LogP contribution >= 0.6 is 11.3 Å². The molecule has 0 unspecified atom stereocenters. The number of methoxy groups -OCH3 is 1. The van der Waals surface area contributed by atoms with E-state index in [9.17, 15) is 19.2 Å². The number of amides is 2. The Bertz CT molecular complexity index is 929. The predicted octanol–water partition coefficient (Wildman–Crippen LogP) is 0.538. The van der Waals surface area contributed by atoms with E-state index in [1.54, 1.807) is 11.8 Å². The summed E-state index contributed by atoms with van der Waals surface area (Å²) in [5.74, 6) is -1.23. The van der Waals surface area contributed by atoms with Crippen LogP contribution in [-0.4, -0.2) is 59.0 Å². The minimum Gasteiger partial charge on any atom is -0.468 e. The third kappa shape index (κ3) is 4.33. The normalized spacial score (nSPS) is 10.7. The lowest BCUT2D eigenvalue weighted by Crippen LogP contribution is -2.36. The summed E-state index contributed by atoms with van der Waals surface area (Å²) in [6.07, 6.45) is 1.32. The molecule has 10 heteroatoms. The molecule has 2 aromatic rings. The number of thiophene rings is 1. The molecule has 0 aliphatic rings. The first-order valence-electron chi connectivity index (χ1n) is 8.45. The van der Waals surface area contributed by atoms with Crippen molar-refractivity contribution in [1.82, 2.24) is 19.8 Å². The van der Waals surface area contributed by atoms with E-state index in [1.807, 2.05) is 13.8 Å². The maximum Gasteiger partial charge on any atom is 0.325 e. The van der Waals surface area contributed by atoms with Crippen LogP contribution < -0.4 is 10.9 Å². The number of aromatic nitrogens is 2. The van der Waals surface area contributed by atoms with Gasteiger partial charge in [-0.1, -0.05) is 0 Å². The van der Waals surface area contributed by atoms with Crippen molar-refractivity contribution in [2.75, 3.05) is 26.7 Å². The molecule has 0 saturated carbocycles. The van der Waals surface area contributed by atoms with Gasteiger partial charge in [0.15, 0.2) is 0 Å². The fourth-order valence-corrected chi connectivity index (χ4v) is 3.67. The van der Waals surface area contributed by atoms with Crippen LogP contribution in [0, 0.1) is 6.92 Å². The second kappa shape index (κ2) is 8.76. The summed E-state index contributed by atoms with van der Waals surface area (Å²) in [6.45, 7) is 6.12. The molecule has 2 rings (SSSR count). The zero-order chi connectivity index (χ0) is 20.1. The quantitative estimate of drug-likeness (QED) is 0.686. The Morgan fingerprint density at radius 2 is 1.96 bits per heavy atom. The Kier molecular flexibility index (Phi) is 6.67. The second-order valence-corrected chi connectivity index (χ2v) is 6.74. The Labute approximate surface area is 159 Å². The van der Waals surface area contributed by atoms with E-state index in [4.69, 9.17) is 0 Å². The maximum atomic E-state index is 12.8. The summed E-state index contributed by atoms with van der Waals surface area (Å²) in [7, 11) is 1.23. The van der Waals surface area contributed by atoms with Gasteiger partial charge in [0.1, 0.15) is 17.9 Å². The number of fused-ring (bicyclic) bond motifs is 1. The first kappa shape index (κ1) is 20.6. The molecule has 2 aromatic heterocycles. The van der Waals surface area contributed by atoms with Gasteiger partial charge in [-0.15, -0.1) is 11.3 Å². The van der Waals surface area contributed by atoms with E-state index in [1.165, 1.54) is 18.0 Å². The number of likely N-dealkylation sites (N-methyl/N-ethyl adjacent to an activating group) is 1. The average Bonchev–Trinajstić information content (AvgIpc) is 3.00. The molecule has 0 spiro atoms.